The van der Waals surface area contributed by atoms with Gasteiger partial charge in [0.1, 0.15) is 5.82 Å². The first-order valence-corrected chi connectivity index (χ1v) is 6.14. The Balaban J connectivity index is 1.76. The van der Waals surface area contributed by atoms with Crippen molar-refractivity contribution in [3.63, 3.8) is 0 Å². The minimum absolute atomic E-state index is 0.783. The number of hydrogen-bond donors (Lipinski definition) is 2. The van der Waals surface area contributed by atoms with Crippen molar-refractivity contribution in [3.05, 3.63) is 22.3 Å². The molecule has 0 spiro atoms. The molecule has 0 bridgehead atoms. The number of aromatic nitrogens is 1. The Hall–Kier alpha value is -0.610. The van der Waals surface area contributed by atoms with Crippen molar-refractivity contribution < 1.29 is 0 Å². The molecule has 1 saturated carbocycles. The van der Waals surface area contributed by atoms with Crippen LogP contribution in [0.1, 0.15) is 18.4 Å². The minimum atomic E-state index is 0.783. The second-order valence-electron chi connectivity index (χ2n) is 3.97. The van der Waals surface area contributed by atoms with E-state index in [0.29, 0.717) is 0 Å². The molecule has 0 aliphatic heterocycles. The van der Waals surface area contributed by atoms with Crippen LogP contribution in [-0.2, 0) is 0 Å². The second kappa shape index (κ2) is 4.94. The summed E-state index contributed by atoms with van der Waals surface area (Å²) in [7, 11) is 0. The fourth-order valence-electron chi connectivity index (χ4n) is 1.47. The highest BCUT2D eigenvalue weighted by molar-refractivity contribution is 9.10. The summed E-state index contributed by atoms with van der Waals surface area (Å²) in [5, 5.41) is 6.79. The lowest BCUT2D eigenvalue weighted by Crippen LogP contribution is -2.24. The number of nitrogens with one attached hydrogen (secondary N) is 2. The zero-order chi connectivity index (χ0) is 10.7. The zero-order valence-corrected chi connectivity index (χ0v) is 10.5. The summed E-state index contributed by atoms with van der Waals surface area (Å²) in [6, 6.07) is 2.86. The molecule has 0 saturated heterocycles. The molecule has 0 unspecified atom stereocenters. The lowest BCUT2D eigenvalue weighted by Gasteiger charge is -2.08. The third-order valence-corrected chi connectivity index (χ3v) is 2.91. The van der Waals surface area contributed by atoms with E-state index in [1.165, 1.54) is 18.4 Å². The number of hydrogen-bond acceptors (Lipinski definition) is 3. The number of pyridine rings is 1. The fraction of sp³-hybridized carbons (Fsp3) is 0.545. The maximum atomic E-state index is 4.32. The van der Waals surface area contributed by atoms with Crippen LogP contribution in [0.15, 0.2) is 16.7 Å². The van der Waals surface area contributed by atoms with Crippen molar-refractivity contribution in [1.29, 1.82) is 0 Å². The molecule has 0 radical (unpaired) electrons. The van der Waals surface area contributed by atoms with E-state index >= 15 is 0 Å². The van der Waals surface area contributed by atoms with Crippen LogP contribution in [0.5, 0.6) is 0 Å². The highest BCUT2D eigenvalue weighted by Crippen LogP contribution is 2.18. The smallest absolute Gasteiger partial charge is 0.128 e. The first kappa shape index (κ1) is 10.9. The molecular formula is C11H16BrN3. The Morgan fingerprint density at radius 1 is 1.47 bits per heavy atom. The predicted octanol–water partition coefficient (Wildman–Crippen LogP) is 2.32. The summed E-state index contributed by atoms with van der Waals surface area (Å²) < 4.78 is 1.03. The molecule has 1 aromatic rings. The zero-order valence-electron chi connectivity index (χ0n) is 8.89. The standard InChI is InChI=1S/C11H16BrN3/c1-8-6-9(12)7-15-11(8)14-5-4-13-10-2-3-10/h6-7,10,13H,2-5H2,1H3,(H,14,15). The molecular weight excluding hydrogens is 254 g/mol. The van der Waals surface area contributed by atoms with Gasteiger partial charge < -0.3 is 10.6 Å². The molecule has 1 aliphatic carbocycles. The monoisotopic (exact) mass is 269 g/mol. The summed E-state index contributed by atoms with van der Waals surface area (Å²) >= 11 is 3.40. The molecule has 4 heteroatoms. The Kier molecular flexibility index (Phi) is 3.59. The van der Waals surface area contributed by atoms with Gasteiger partial charge in [-0.05, 0) is 47.3 Å². The lowest BCUT2D eigenvalue weighted by atomic mass is 10.3. The number of rotatable bonds is 5. The van der Waals surface area contributed by atoms with Crippen molar-refractivity contribution >= 4 is 21.7 Å². The third kappa shape index (κ3) is 3.47. The van der Waals surface area contributed by atoms with Crippen LogP contribution in [-0.4, -0.2) is 24.1 Å². The summed E-state index contributed by atoms with van der Waals surface area (Å²) in [6.45, 7) is 4.02. The lowest BCUT2D eigenvalue weighted by molar-refractivity contribution is 0.700. The van der Waals surface area contributed by atoms with Gasteiger partial charge in [-0.1, -0.05) is 0 Å². The van der Waals surface area contributed by atoms with Crippen LogP contribution in [0.2, 0.25) is 0 Å². The van der Waals surface area contributed by atoms with Crippen molar-refractivity contribution in [1.82, 2.24) is 10.3 Å². The Morgan fingerprint density at radius 2 is 2.27 bits per heavy atom. The third-order valence-electron chi connectivity index (χ3n) is 2.47. The number of aryl methyl sites for hydroxylation is 1. The van der Waals surface area contributed by atoms with Gasteiger partial charge in [-0.3, -0.25) is 0 Å². The molecule has 2 rings (SSSR count). The quantitative estimate of drug-likeness (QED) is 0.806. The SMILES string of the molecule is Cc1cc(Br)cnc1NCCNC1CC1. The van der Waals surface area contributed by atoms with Crippen molar-refractivity contribution in [2.45, 2.75) is 25.8 Å². The highest BCUT2D eigenvalue weighted by Gasteiger charge is 2.19. The molecule has 82 valence electrons. The minimum Gasteiger partial charge on any atom is -0.369 e. The molecule has 0 aromatic carbocycles. The first-order valence-electron chi connectivity index (χ1n) is 5.35. The van der Waals surface area contributed by atoms with Gasteiger partial charge in [-0.25, -0.2) is 4.98 Å². The Labute approximate surface area is 98.8 Å². The van der Waals surface area contributed by atoms with Gasteiger partial charge in [-0.2, -0.15) is 0 Å². The van der Waals surface area contributed by atoms with Gasteiger partial charge in [0.25, 0.3) is 0 Å². The van der Waals surface area contributed by atoms with Gasteiger partial charge in [0.15, 0.2) is 0 Å². The van der Waals surface area contributed by atoms with E-state index in [-0.39, 0.29) is 0 Å². The van der Waals surface area contributed by atoms with Crippen LogP contribution >= 0.6 is 15.9 Å². The molecule has 15 heavy (non-hydrogen) atoms. The van der Waals surface area contributed by atoms with Gasteiger partial charge in [0.2, 0.25) is 0 Å². The molecule has 0 amide bonds. The van der Waals surface area contributed by atoms with Crippen molar-refractivity contribution in [2.24, 2.45) is 0 Å². The second-order valence-corrected chi connectivity index (χ2v) is 4.89. The van der Waals surface area contributed by atoms with E-state index in [1.807, 2.05) is 6.20 Å². The predicted molar refractivity (Wildman–Crippen MR) is 66.2 cm³/mol. The topological polar surface area (TPSA) is 37.0 Å². The molecule has 3 nitrogen and oxygen atoms in total. The van der Waals surface area contributed by atoms with Gasteiger partial charge in [0.05, 0.1) is 0 Å². The Morgan fingerprint density at radius 3 is 2.93 bits per heavy atom. The van der Waals surface area contributed by atoms with E-state index in [0.717, 1.165) is 29.4 Å². The maximum Gasteiger partial charge on any atom is 0.128 e. The highest BCUT2D eigenvalue weighted by atomic mass is 79.9. The van der Waals surface area contributed by atoms with E-state index in [4.69, 9.17) is 0 Å². The normalized spacial score (nSPS) is 15.3. The summed E-state index contributed by atoms with van der Waals surface area (Å²) in [4.78, 5) is 4.32. The fourth-order valence-corrected chi connectivity index (χ4v) is 1.92. The molecule has 1 fully saturated rings. The maximum absolute atomic E-state index is 4.32. The number of anilines is 1. The van der Waals surface area contributed by atoms with Crippen LogP contribution in [0, 0.1) is 6.92 Å². The van der Waals surface area contributed by atoms with Gasteiger partial charge in [0, 0.05) is 29.8 Å². The van der Waals surface area contributed by atoms with Crippen molar-refractivity contribution in [2.75, 3.05) is 18.4 Å². The van der Waals surface area contributed by atoms with E-state index < -0.39 is 0 Å². The Bertz CT molecular complexity index is 337. The summed E-state index contributed by atoms with van der Waals surface area (Å²) in [5.74, 6) is 0.982. The average Bonchev–Trinajstić information content (AvgIpc) is 2.99. The number of nitrogens with zero attached hydrogens (tertiary/aromatic N) is 1. The van der Waals surface area contributed by atoms with Crippen LogP contribution in [0.3, 0.4) is 0 Å². The number of halogens is 1. The molecule has 1 aromatic heterocycles. The van der Waals surface area contributed by atoms with Crippen LogP contribution < -0.4 is 10.6 Å². The first-order chi connectivity index (χ1) is 7.25. The van der Waals surface area contributed by atoms with Crippen LogP contribution in [0.25, 0.3) is 0 Å². The molecule has 0 atom stereocenters. The van der Waals surface area contributed by atoms with Crippen molar-refractivity contribution in [3.8, 4) is 0 Å². The van der Waals surface area contributed by atoms with Gasteiger partial charge in [-0.15, -0.1) is 0 Å². The van der Waals surface area contributed by atoms with Crippen LogP contribution in [0.4, 0.5) is 5.82 Å². The largest absolute Gasteiger partial charge is 0.369 e. The van der Waals surface area contributed by atoms with E-state index in [2.05, 4.69) is 44.5 Å². The molecule has 1 aliphatic rings. The van der Waals surface area contributed by atoms with Gasteiger partial charge >= 0.3 is 0 Å². The van der Waals surface area contributed by atoms with E-state index in [9.17, 15) is 0 Å². The molecule has 2 N–H and O–H groups in total. The average molecular weight is 270 g/mol. The molecule has 1 heterocycles. The summed E-state index contributed by atoms with van der Waals surface area (Å²) in [5.41, 5.74) is 1.18. The van der Waals surface area contributed by atoms with E-state index in [1.54, 1.807) is 0 Å². The summed E-state index contributed by atoms with van der Waals surface area (Å²) in [6.07, 6.45) is 4.51.